The number of aromatic nitrogens is 1. The van der Waals surface area contributed by atoms with E-state index in [-0.39, 0.29) is 22.8 Å². The summed E-state index contributed by atoms with van der Waals surface area (Å²) in [6, 6.07) is 8.52. The summed E-state index contributed by atoms with van der Waals surface area (Å²) < 4.78 is 48.4. The molecule has 1 aromatic heterocycles. The minimum atomic E-state index is -4.51. The third-order valence-corrected chi connectivity index (χ3v) is 2.72. The van der Waals surface area contributed by atoms with Crippen molar-refractivity contribution in [1.82, 2.24) is 4.98 Å². The van der Waals surface area contributed by atoms with Crippen LogP contribution >= 0.6 is 11.6 Å². The maximum atomic E-state index is 12.5. The molecule has 0 unspecified atom stereocenters. The van der Waals surface area contributed by atoms with Gasteiger partial charge in [-0.3, -0.25) is 0 Å². The van der Waals surface area contributed by atoms with Crippen LogP contribution in [0.4, 0.5) is 13.2 Å². The lowest BCUT2D eigenvalue weighted by Gasteiger charge is -2.12. The van der Waals surface area contributed by atoms with E-state index in [0.717, 1.165) is 6.07 Å². The molecule has 0 spiro atoms. The molecule has 1 radical (unpaired) electrons. The van der Waals surface area contributed by atoms with Crippen molar-refractivity contribution in [2.45, 2.75) is 26.1 Å². The van der Waals surface area contributed by atoms with Crippen LogP contribution in [0.2, 0.25) is 5.02 Å². The molecule has 1 heterocycles. The molecule has 0 aliphatic carbocycles. The molecule has 0 N–H and O–H groups in total. The summed E-state index contributed by atoms with van der Waals surface area (Å²) in [5, 5.41) is -0.238. The highest BCUT2D eigenvalue weighted by Crippen LogP contribution is 2.35. The predicted molar refractivity (Wildman–Crippen MR) is 75.4 cm³/mol. The van der Waals surface area contributed by atoms with Gasteiger partial charge in [0.2, 0.25) is 5.88 Å². The Labute approximate surface area is 130 Å². The summed E-state index contributed by atoms with van der Waals surface area (Å²) >= 11 is 5.78. The molecule has 0 aliphatic heterocycles. The molecule has 7 heteroatoms. The zero-order valence-corrected chi connectivity index (χ0v) is 12.5. The minimum absolute atomic E-state index is 0.0423. The van der Waals surface area contributed by atoms with Crippen LogP contribution < -0.4 is 9.47 Å². The second-order valence-electron chi connectivity index (χ2n) is 4.66. The summed E-state index contributed by atoms with van der Waals surface area (Å²) in [5.41, 5.74) is -0.939. The third-order valence-electron chi connectivity index (χ3n) is 2.45. The van der Waals surface area contributed by atoms with E-state index in [0.29, 0.717) is 11.9 Å². The second kappa shape index (κ2) is 6.44. The SMILES string of the molecule is CC(C)Oc1[c]c(Oc2ncc(C(F)(F)F)cc2Cl)ccc1. The lowest BCUT2D eigenvalue weighted by Crippen LogP contribution is -2.06. The van der Waals surface area contributed by atoms with Gasteiger partial charge in [0, 0.05) is 6.20 Å². The summed E-state index contributed by atoms with van der Waals surface area (Å²) in [4.78, 5) is 3.60. The Kier molecular flexibility index (Phi) is 4.81. The van der Waals surface area contributed by atoms with Gasteiger partial charge in [-0.15, -0.1) is 0 Å². The van der Waals surface area contributed by atoms with E-state index in [1.165, 1.54) is 0 Å². The Morgan fingerprint density at radius 2 is 1.91 bits per heavy atom. The van der Waals surface area contributed by atoms with Crippen LogP contribution in [0, 0.1) is 6.07 Å². The van der Waals surface area contributed by atoms with Gasteiger partial charge in [-0.25, -0.2) is 4.98 Å². The number of hydrogen-bond acceptors (Lipinski definition) is 3. The van der Waals surface area contributed by atoms with Crippen LogP contribution in [0.15, 0.2) is 30.5 Å². The Balaban J connectivity index is 2.21. The van der Waals surface area contributed by atoms with Gasteiger partial charge in [-0.1, -0.05) is 17.7 Å². The van der Waals surface area contributed by atoms with Crippen LogP contribution in [-0.2, 0) is 6.18 Å². The third kappa shape index (κ3) is 4.27. The number of alkyl halides is 3. The van der Waals surface area contributed by atoms with Crippen molar-refractivity contribution in [3.8, 4) is 17.4 Å². The Bertz CT molecular complexity index is 659. The highest BCUT2D eigenvalue weighted by molar-refractivity contribution is 6.31. The van der Waals surface area contributed by atoms with Gasteiger partial charge in [-0.2, -0.15) is 13.2 Å². The monoisotopic (exact) mass is 330 g/mol. The number of halogens is 4. The van der Waals surface area contributed by atoms with Gasteiger partial charge < -0.3 is 9.47 Å². The van der Waals surface area contributed by atoms with E-state index in [2.05, 4.69) is 11.1 Å². The molecule has 0 fully saturated rings. The maximum Gasteiger partial charge on any atom is 0.417 e. The summed E-state index contributed by atoms with van der Waals surface area (Å²) in [6.07, 6.45) is -3.89. The van der Waals surface area contributed by atoms with Crippen molar-refractivity contribution in [3.63, 3.8) is 0 Å². The molecule has 3 nitrogen and oxygen atoms in total. The number of hydrogen-bond donors (Lipinski definition) is 0. The van der Waals surface area contributed by atoms with Crippen molar-refractivity contribution in [1.29, 1.82) is 0 Å². The first-order valence-electron chi connectivity index (χ1n) is 6.35. The fourth-order valence-electron chi connectivity index (χ4n) is 1.57. The van der Waals surface area contributed by atoms with Crippen LogP contribution in [0.25, 0.3) is 0 Å². The molecule has 0 amide bonds. The second-order valence-corrected chi connectivity index (χ2v) is 5.06. The van der Waals surface area contributed by atoms with Gasteiger partial charge >= 0.3 is 6.18 Å². The van der Waals surface area contributed by atoms with E-state index in [1.54, 1.807) is 18.2 Å². The molecule has 0 bridgehead atoms. The first-order chi connectivity index (χ1) is 10.3. The average molecular weight is 331 g/mol. The van der Waals surface area contributed by atoms with E-state index >= 15 is 0 Å². The van der Waals surface area contributed by atoms with Crippen LogP contribution in [-0.4, -0.2) is 11.1 Å². The molecule has 117 valence electrons. The van der Waals surface area contributed by atoms with Crippen molar-refractivity contribution in [3.05, 3.63) is 47.1 Å². The van der Waals surface area contributed by atoms with Gasteiger partial charge in [0.05, 0.1) is 17.7 Å². The Hall–Kier alpha value is -1.95. The highest BCUT2D eigenvalue weighted by atomic mass is 35.5. The molecule has 0 aliphatic rings. The van der Waals surface area contributed by atoms with Crippen LogP contribution in [0.5, 0.6) is 17.4 Å². The molecule has 1 aromatic carbocycles. The molecule has 0 atom stereocenters. The normalized spacial score (nSPS) is 11.6. The largest absolute Gasteiger partial charge is 0.490 e. The zero-order chi connectivity index (χ0) is 16.3. The van der Waals surface area contributed by atoms with Gasteiger partial charge in [0.15, 0.2) is 0 Å². The fraction of sp³-hybridized carbons (Fsp3) is 0.267. The maximum absolute atomic E-state index is 12.5. The van der Waals surface area contributed by atoms with Crippen LogP contribution in [0.1, 0.15) is 19.4 Å². The predicted octanol–water partition coefficient (Wildman–Crippen LogP) is 5.13. The van der Waals surface area contributed by atoms with Crippen molar-refractivity contribution in [2.75, 3.05) is 0 Å². The van der Waals surface area contributed by atoms with Gasteiger partial charge in [0.25, 0.3) is 0 Å². The Morgan fingerprint density at radius 1 is 1.23 bits per heavy atom. The van der Waals surface area contributed by atoms with Crippen molar-refractivity contribution in [2.24, 2.45) is 0 Å². The standard InChI is InChI=1S/C15H12ClF3NO2/c1-9(2)21-11-4-3-5-12(7-11)22-14-13(16)6-10(8-20-14)15(17,18)19/h3-6,8-9H,1-2H3. The van der Waals surface area contributed by atoms with E-state index < -0.39 is 11.7 Å². The summed E-state index contributed by atoms with van der Waals surface area (Å²) in [7, 11) is 0. The molecule has 0 saturated carbocycles. The van der Waals surface area contributed by atoms with E-state index in [4.69, 9.17) is 21.1 Å². The molecule has 0 saturated heterocycles. The van der Waals surface area contributed by atoms with E-state index in [1.807, 2.05) is 13.8 Å². The summed E-state index contributed by atoms with van der Waals surface area (Å²) in [6.45, 7) is 3.71. The minimum Gasteiger partial charge on any atom is -0.490 e. The lowest BCUT2D eigenvalue weighted by molar-refractivity contribution is -0.137. The van der Waals surface area contributed by atoms with Gasteiger partial charge in [-0.05, 0) is 32.0 Å². The Morgan fingerprint density at radius 3 is 2.50 bits per heavy atom. The van der Waals surface area contributed by atoms with Crippen LogP contribution in [0.3, 0.4) is 0 Å². The molecular formula is C15H12ClF3NO2. The zero-order valence-electron chi connectivity index (χ0n) is 11.7. The average Bonchev–Trinajstić information content (AvgIpc) is 2.39. The molecule has 2 aromatic rings. The smallest absolute Gasteiger partial charge is 0.417 e. The number of rotatable bonds is 4. The molecule has 22 heavy (non-hydrogen) atoms. The summed E-state index contributed by atoms with van der Waals surface area (Å²) in [5.74, 6) is 0.565. The molecular weight excluding hydrogens is 319 g/mol. The number of benzene rings is 1. The number of nitrogens with zero attached hydrogens (tertiary/aromatic N) is 1. The molecule has 2 rings (SSSR count). The first-order valence-corrected chi connectivity index (χ1v) is 6.73. The van der Waals surface area contributed by atoms with E-state index in [9.17, 15) is 13.2 Å². The van der Waals surface area contributed by atoms with Gasteiger partial charge in [0.1, 0.15) is 16.5 Å². The highest BCUT2D eigenvalue weighted by Gasteiger charge is 2.31. The fourth-order valence-corrected chi connectivity index (χ4v) is 1.77. The topological polar surface area (TPSA) is 31.4 Å². The number of pyridine rings is 1. The first kappa shape index (κ1) is 16.4. The van der Waals surface area contributed by atoms with Crippen molar-refractivity contribution >= 4 is 11.6 Å². The number of ether oxygens (including phenoxy) is 2. The quantitative estimate of drug-likeness (QED) is 0.778. The van der Waals surface area contributed by atoms with Crippen molar-refractivity contribution < 1.29 is 22.6 Å². The lowest BCUT2D eigenvalue weighted by atomic mass is 10.3.